The van der Waals surface area contributed by atoms with E-state index in [2.05, 4.69) is 10.3 Å². The summed E-state index contributed by atoms with van der Waals surface area (Å²) in [6.07, 6.45) is 6.86. The molecule has 110 valence electrons. The smallest absolute Gasteiger partial charge is 0.248 e. The number of aromatic nitrogens is 2. The van der Waals surface area contributed by atoms with Crippen LogP contribution in [0, 0.1) is 0 Å². The molecule has 0 unspecified atom stereocenters. The molecule has 0 spiro atoms. The monoisotopic (exact) mass is 293 g/mol. The van der Waals surface area contributed by atoms with Crippen LogP contribution in [0.3, 0.4) is 0 Å². The molecule has 3 aromatic rings. The van der Waals surface area contributed by atoms with E-state index in [1.165, 1.54) is 6.08 Å². The van der Waals surface area contributed by atoms with Crippen LogP contribution in [-0.4, -0.2) is 22.4 Å². The van der Waals surface area contributed by atoms with Gasteiger partial charge >= 0.3 is 0 Å². The minimum atomic E-state index is -0.198. The lowest BCUT2D eigenvalue weighted by Gasteiger charge is -2.03. The number of benzene rings is 1. The van der Waals surface area contributed by atoms with Gasteiger partial charge in [0.1, 0.15) is 11.4 Å². The predicted molar refractivity (Wildman–Crippen MR) is 85.8 cm³/mol. The summed E-state index contributed by atoms with van der Waals surface area (Å²) >= 11 is 0. The molecule has 0 aliphatic heterocycles. The van der Waals surface area contributed by atoms with Gasteiger partial charge < -0.3 is 14.5 Å². The van der Waals surface area contributed by atoms with Crippen molar-refractivity contribution in [3.05, 3.63) is 66.6 Å². The average Bonchev–Trinajstić information content (AvgIpc) is 2.97. The summed E-state index contributed by atoms with van der Waals surface area (Å²) in [5.74, 6) is 0.551. The summed E-state index contributed by atoms with van der Waals surface area (Å²) in [6, 6.07) is 12.9. The molecule has 0 saturated carbocycles. The van der Waals surface area contributed by atoms with Crippen molar-refractivity contribution in [2.75, 3.05) is 12.4 Å². The molecule has 1 amide bonds. The topological polar surface area (TPSA) is 55.6 Å². The Morgan fingerprint density at radius 1 is 1.23 bits per heavy atom. The predicted octanol–water partition coefficient (Wildman–Crippen LogP) is 2.99. The van der Waals surface area contributed by atoms with Gasteiger partial charge in [-0.2, -0.15) is 0 Å². The summed E-state index contributed by atoms with van der Waals surface area (Å²) in [4.78, 5) is 16.2. The third-order valence-electron chi connectivity index (χ3n) is 3.21. The molecule has 1 aromatic carbocycles. The van der Waals surface area contributed by atoms with Crippen molar-refractivity contribution in [1.82, 2.24) is 9.38 Å². The largest absolute Gasteiger partial charge is 0.497 e. The van der Waals surface area contributed by atoms with Gasteiger partial charge in [-0.1, -0.05) is 6.07 Å². The fraction of sp³-hybridized carbons (Fsp3) is 0.0588. The van der Waals surface area contributed by atoms with Gasteiger partial charge in [0.25, 0.3) is 0 Å². The summed E-state index contributed by atoms with van der Waals surface area (Å²) in [6.45, 7) is 0. The normalized spacial score (nSPS) is 11.0. The molecule has 5 heteroatoms. The fourth-order valence-corrected chi connectivity index (χ4v) is 2.09. The van der Waals surface area contributed by atoms with Crippen molar-refractivity contribution in [1.29, 1.82) is 0 Å². The van der Waals surface area contributed by atoms with Crippen molar-refractivity contribution < 1.29 is 9.53 Å². The van der Waals surface area contributed by atoms with E-state index in [-0.39, 0.29) is 5.91 Å². The van der Waals surface area contributed by atoms with Crippen LogP contribution in [0.25, 0.3) is 11.7 Å². The molecule has 1 N–H and O–H groups in total. The molecular weight excluding hydrogens is 278 g/mol. The first-order chi connectivity index (χ1) is 10.8. The lowest BCUT2D eigenvalue weighted by atomic mass is 10.3. The number of carbonyl (C=O) groups is 1. The second-order valence-corrected chi connectivity index (χ2v) is 4.66. The number of nitrogens with zero attached hydrogens (tertiary/aromatic N) is 2. The molecule has 0 saturated heterocycles. The highest BCUT2D eigenvalue weighted by atomic mass is 16.5. The van der Waals surface area contributed by atoms with E-state index in [4.69, 9.17) is 4.74 Å². The minimum absolute atomic E-state index is 0.198. The first kappa shape index (κ1) is 13.9. The Balaban J connectivity index is 1.70. The SMILES string of the molecule is COc1ccc(NC(=O)/C=C/c2cnc3ccccn23)cc1. The van der Waals surface area contributed by atoms with E-state index < -0.39 is 0 Å². The van der Waals surface area contributed by atoms with Gasteiger partial charge in [0.2, 0.25) is 5.91 Å². The first-order valence-corrected chi connectivity index (χ1v) is 6.81. The van der Waals surface area contributed by atoms with Gasteiger partial charge in [-0.15, -0.1) is 0 Å². The molecule has 2 aromatic heterocycles. The number of hydrogen-bond acceptors (Lipinski definition) is 3. The zero-order valence-corrected chi connectivity index (χ0v) is 12.1. The quantitative estimate of drug-likeness (QED) is 0.752. The maximum absolute atomic E-state index is 11.9. The number of imidazole rings is 1. The van der Waals surface area contributed by atoms with E-state index in [0.717, 1.165) is 17.1 Å². The van der Waals surface area contributed by atoms with Crippen molar-refractivity contribution >= 4 is 23.3 Å². The summed E-state index contributed by atoms with van der Waals surface area (Å²) < 4.78 is 6.99. The van der Waals surface area contributed by atoms with Gasteiger partial charge in [-0.05, 0) is 42.5 Å². The second-order valence-electron chi connectivity index (χ2n) is 4.66. The Kier molecular flexibility index (Phi) is 3.87. The van der Waals surface area contributed by atoms with Gasteiger partial charge in [0, 0.05) is 18.0 Å². The number of methoxy groups -OCH3 is 1. The van der Waals surface area contributed by atoms with Crippen LogP contribution in [0.1, 0.15) is 5.69 Å². The molecule has 0 aliphatic carbocycles. The molecule has 0 bridgehead atoms. The highest BCUT2D eigenvalue weighted by molar-refractivity contribution is 6.01. The Hall–Kier alpha value is -3.08. The number of hydrogen-bond donors (Lipinski definition) is 1. The number of anilines is 1. The molecule has 5 nitrogen and oxygen atoms in total. The van der Waals surface area contributed by atoms with Crippen LogP contribution in [-0.2, 0) is 4.79 Å². The molecule has 2 heterocycles. The van der Waals surface area contributed by atoms with Crippen molar-refractivity contribution in [3.63, 3.8) is 0 Å². The molecule has 0 aliphatic rings. The minimum Gasteiger partial charge on any atom is -0.497 e. The second kappa shape index (κ2) is 6.13. The standard InChI is InChI=1S/C17H15N3O2/c1-22-15-8-5-13(6-9-15)19-17(21)10-7-14-12-18-16-4-2-3-11-20(14)16/h2-12H,1H3,(H,19,21)/b10-7+. The van der Waals surface area contributed by atoms with Gasteiger partial charge in [-0.25, -0.2) is 4.98 Å². The molecule has 0 atom stereocenters. The lowest BCUT2D eigenvalue weighted by molar-refractivity contribution is -0.111. The van der Waals surface area contributed by atoms with Crippen molar-refractivity contribution in [2.45, 2.75) is 0 Å². The zero-order valence-electron chi connectivity index (χ0n) is 12.1. The number of rotatable bonds is 4. The van der Waals surface area contributed by atoms with E-state index in [9.17, 15) is 4.79 Å². The summed E-state index contributed by atoms with van der Waals surface area (Å²) in [7, 11) is 1.60. The van der Waals surface area contributed by atoms with Gasteiger partial charge in [0.05, 0.1) is 19.0 Å². The first-order valence-electron chi connectivity index (χ1n) is 6.81. The fourth-order valence-electron chi connectivity index (χ4n) is 2.09. The van der Waals surface area contributed by atoms with E-state index in [0.29, 0.717) is 5.69 Å². The summed E-state index contributed by atoms with van der Waals surface area (Å²) in [5, 5.41) is 2.79. The molecule has 3 rings (SSSR count). The average molecular weight is 293 g/mol. The molecule has 0 radical (unpaired) electrons. The number of carbonyl (C=O) groups excluding carboxylic acids is 1. The third-order valence-corrected chi connectivity index (χ3v) is 3.21. The third kappa shape index (κ3) is 2.98. The van der Waals surface area contributed by atoms with Crippen LogP contribution in [0.4, 0.5) is 5.69 Å². The Labute approximate surface area is 127 Å². The Bertz CT molecular complexity index is 819. The van der Waals surface area contributed by atoms with Crippen LogP contribution in [0.2, 0.25) is 0 Å². The van der Waals surface area contributed by atoms with E-state index in [1.807, 2.05) is 28.8 Å². The van der Waals surface area contributed by atoms with Crippen LogP contribution < -0.4 is 10.1 Å². The molecule has 22 heavy (non-hydrogen) atoms. The van der Waals surface area contributed by atoms with Gasteiger partial charge in [0.15, 0.2) is 0 Å². The maximum atomic E-state index is 11.9. The Morgan fingerprint density at radius 2 is 2.05 bits per heavy atom. The lowest BCUT2D eigenvalue weighted by Crippen LogP contribution is -2.07. The van der Waals surface area contributed by atoms with Crippen molar-refractivity contribution in [3.8, 4) is 5.75 Å². The van der Waals surface area contributed by atoms with Crippen molar-refractivity contribution in [2.24, 2.45) is 0 Å². The number of amides is 1. The molecular formula is C17H15N3O2. The highest BCUT2D eigenvalue weighted by Crippen LogP contribution is 2.15. The maximum Gasteiger partial charge on any atom is 0.248 e. The van der Waals surface area contributed by atoms with E-state index >= 15 is 0 Å². The number of nitrogens with one attached hydrogen (secondary N) is 1. The zero-order chi connectivity index (χ0) is 15.4. The number of pyridine rings is 1. The Morgan fingerprint density at radius 3 is 2.82 bits per heavy atom. The van der Waals surface area contributed by atoms with Crippen LogP contribution in [0.5, 0.6) is 5.75 Å². The van der Waals surface area contributed by atoms with Crippen LogP contribution >= 0.6 is 0 Å². The van der Waals surface area contributed by atoms with Crippen LogP contribution in [0.15, 0.2) is 60.9 Å². The number of fused-ring (bicyclic) bond motifs is 1. The number of ether oxygens (including phenoxy) is 1. The molecule has 0 fully saturated rings. The van der Waals surface area contributed by atoms with E-state index in [1.54, 1.807) is 43.6 Å². The highest BCUT2D eigenvalue weighted by Gasteiger charge is 2.01. The summed E-state index contributed by atoms with van der Waals surface area (Å²) in [5.41, 5.74) is 2.41. The van der Waals surface area contributed by atoms with Gasteiger partial charge in [-0.3, -0.25) is 4.79 Å².